The standard InChI is InChI=1S/C17H34N4O/c1-13(2)9-10-14(3)20-17(18-4)19-12-11-16(22)21-15-7-5-6-8-15/h13-15H,5-12H2,1-4H3,(H,21,22)(H2,18,19,20). The number of amides is 1. The number of nitrogens with one attached hydrogen (secondary N) is 3. The van der Waals surface area contributed by atoms with Crippen LogP contribution in [0.3, 0.4) is 0 Å². The number of carbonyl (C=O) groups is 1. The Morgan fingerprint density at radius 3 is 2.45 bits per heavy atom. The van der Waals surface area contributed by atoms with Crippen molar-refractivity contribution in [1.29, 1.82) is 0 Å². The zero-order chi connectivity index (χ0) is 16.4. The minimum Gasteiger partial charge on any atom is -0.356 e. The fourth-order valence-electron chi connectivity index (χ4n) is 2.75. The minimum absolute atomic E-state index is 0.141. The van der Waals surface area contributed by atoms with Crippen molar-refractivity contribution >= 4 is 11.9 Å². The zero-order valence-corrected chi connectivity index (χ0v) is 14.7. The van der Waals surface area contributed by atoms with Crippen molar-refractivity contribution in [3.05, 3.63) is 0 Å². The summed E-state index contributed by atoms with van der Waals surface area (Å²) in [5, 5.41) is 9.70. The number of hydrogen-bond donors (Lipinski definition) is 3. The second kappa shape index (κ2) is 10.5. The highest BCUT2D eigenvalue weighted by atomic mass is 16.1. The van der Waals surface area contributed by atoms with E-state index in [4.69, 9.17) is 0 Å². The second-order valence-electron chi connectivity index (χ2n) is 6.81. The summed E-state index contributed by atoms with van der Waals surface area (Å²) in [6.07, 6.45) is 7.58. The number of aliphatic imine (C=N–C) groups is 1. The van der Waals surface area contributed by atoms with Crippen LogP contribution in [-0.2, 0) is 4.79 Å². The molecule has 0 radical (unpaired) electrons. The molecule has 1 fully saturated rings. The third kappa shape index (κ3) is 8.25. The van der Waals surface area contributed by atoms with Gasteiger partial charge in [-0.3, -0.25) is 9.79 Å². The molecule has 0 saturated heterocycles. The summed E-state index contributed by atoms with van der Waals surface area (Å²) >= 11 is 0. The van der Waals surface area contributed by atoms with E-state index in [9.17, 15) is 4.79 Å². The molecule has 3 N–H and O–H groups in total. The molecular weight excluding hydrogens is 276 g/mol. The molecule has 1 atom stereocenters. The van der Waals surface area contributed by atoms with Crippen LogP contribution in [0.25, 0.3) is 0 Å². The Balaban J connectivity index is 2.16. The third-order valence-electron chi connectivity index (χ3n) is 4.15. The molecule has 1 amide bonds. The summed E-state index contributed by atoms with van der Waals surface area (Å²) in [5.74, 6) is 1.64. The topological polar surface area (TPSA) is 65.5 Å². The van der Waals surface area contributed by atoms with E-state index in [0.29, 0.717) is 25.0 Å². The average Bonchev–Trinajstić information content (AvgIpc) is 2.96. The molecule has 0 aromatic rings. The Bertz CT molecular complexity index is 349. The van der Waals surface area contributed by atoms with Gasteiger partial charge in [-0.2, -0.15) is 0 Å². The lowest BCUT2D eigenvalue weighted by atomic mass is 10.0. The molecule has 0 heterocycles. The lowest BCUT2D eigenvalue weighted by molar-refractivity contribution is -0.121. The molecule has 1 unspecified atom stereocenters. The first-order chi connectivity index (χ1) is 10.5. The van der Waals surface area contributed by atoms with E-state index in [-0.39, 0.29) is 5.91 Å². The third-order valence-corrected chi connectivity index (χ3v) is 4.15. The van der Waals surface area contributed by atoms with Crippen molar-refractivity contribution < 1.29 is 4.79 Å². The Hall–Kier alpha value is -1.26. The van der Waals surface area contributed by atoms with E-state index >= 15 is 0 Å². The van der Waals surface area contributed by atoms with Gasteiger partial charge in [0.05, 0.1) is 0 Å². The molecule has 0 spiro atoms. The Labute approximate surface area is 135 Å². The zero-order valence-electron chi connectivity index (χ0n) is 14.7. The van der Waals surface area contributed by atoms with Crippen LogP contribution in [0.4, 0.5) is 0 Å². The molecule has 128 valence electrons. The fraction of sp³-hybridized carbons (Fsp3) is 0.882. The first-order valence-electron chi connectivity index (χ1n) is 8.77. The molecule has 5 heteroatoms. The minimum atomic E-state index is 0.141. The smallest absolute Gasteiger partial charge is 0.221 e. The molecule has 0 aromatic carbocycles. The lowest BCUT2D eigenvalue weighted by Gasteiger charge is -2.19. The molecule has 22 heavy (non-hydrogen) atoms. The summed E-state index contributed by atoms with van der Waals surface area (Å²) in [7, 11) is 1.77. The molecular formula is C17H34N4O. The van der Waals surface area contributed by atoms with E-state index in [0.717, 1.165) is 31.1 Å². The Morgan fingerprint density at radius 2 is 1.86 bits per heavy atom. The van der Waals surface area contributed by atoms with Gasteiger partial charge in [0.15, 0.2) is 5.96 Å². The summed E-state index contributed by atoms with van der Waals surface area (Å²) in [6, 6.07) is 0.793. The molecule has 0 aliphatic heterocycles. The molecule has 0 aromatic heterocycles. The summed E-state index contributed by atoms with van der Waals surface area (Å²) in [4.78, 5) is 16.1. The van der Waals surface area contributed by atoms with Gasteiger partial charge in [-0.25, -0.2) is 0 Å². The lowest BCUT2D eigenvalue weighted by Crippen LogP contribution is -2.43. The predicted molar refractivity (Wildman–Crippen MR) is 93.0 cm³/mol. The number of carbonyl (C=O) groups excluding carboxylic acids is 1. The van der Waals surface area contributed by atoms with E-state index in [2.05, 4.69) is 41.7 Å². The number of hydrogen-bond acceptors (Lipinski definition) is 2. The molecule has 1 aliphatic rings. The molecule has 1 saturated carbocycles. The van der Waals surface area contributed by atoms with Gasteiger partial charge in [0.1, 0.15) is 0 Å². The van der Waals surface area contributed by atoms with Crippen molar-refractivity contribution in [1.82, 2.24) is 16.0 Å². The van der Waals surface area contributed by atoms with E-state index in [1.54, 1.807) is 7.05 Å². The molecule has 5 nitrogen and oxygen atoms in total. The van der Waals surface area contributed by atoms with Gasteiger partial charge in [-0.1, -0.05) is 26.7 Å². The quantitative estimate of drug-likeness (QED) is 0.476. The van der Waals surface area contributed by atoms with Crippen LogP contribution in [0, 0.1) is 5.92 Å². The summed E-state index contributed by atoms with van der Waals surface area (Å²) < 4.78 is 0. The van der Waals surface area contributed by atoms with Gasteiger partial charge in [-0.05, 0) is 38.5 Å². The van der Waals surface area contributed by atoms with Crippen LogP contribution in [0.15, 0.2) is 4.99 Å². The maximum atomic E-state index is 11.9. The van der Waals surface area contributed by atoms with Crippen LogP contribution in [0.2, 0.25) is 0 Å². The van der Waals surface area contributed by atoms with Crippen LogP contribution in [0.5, 0.6) is 0 Å². The first kappa shape index (κ1) is 18.8. The summed E-state index contributed by atoms with van der Waals surface area (Å²) in [6.45, 7) is 7.27. The predicted octanol–water partition coefficient (Wildman–Crippen LogP) is 2.42. The SMILES string of the molecule is CN=C(NCCC(=O)NC1CCCC1)NC(C)CCC(C)C. The van der Waals surface area contributed by atoms with Gasteiger partial charge in [0.2, 0.25) is 5.91 Å². The van der Waals surface area contributed by atoms with Crippen molar-refractivity contribution in [2.24, 2.45) is 10.9 Å². The van der Waals surface area contributed by atoms with Crippen LogP contribution >= 0.6 is 0 Å². The van der Waals surface area contributed by atoms with Crippen LogP contribution < -0.4 is 16.0 Å². The number of guanidine groups is 1. The van der Waals surface area contributed by atoms with Gasteiger partial charge < -0.3 is 16.0 Å². The Kier molecular flexibility index (Phi) is 8.94. The van der Waals surface area contributed by atoms with Gasteiger partial charge in [0.25, 0.3) is 0 Å². The maximum Gasteiger partial charge on any atom is 0.221 e. The van der Waals surface area contributed by atoms with E-state index in [1.165, 1.54) is 19.3 Å². The van der Waals surface area contributed by atoms with Crippen molar-refractivity contribution in [2.75, 3.05) is 13.6 Å². The molecule has 1 rings (SSSR count). The maximum absolute atomic E-state index is 11.9. The Morgan fingerprint density at radius 1 is 1.18 bits per heavy atom. The highest BCUT2D eigenvalue weighted by Crippen LogP contribution is 2.17. The van der Waals surface area contributed by atoms with Crippen molar-refractivity contribution in [2.45, 2.75) is 77.8 Å². The molecule has 1 aliphatic carbocycles. The number of rotatable bonds is 8. The van der Waals surface area contributed by atoms with E-state index in [1.807, 2.05) is 0 Å². The second-order valence-corrected chi connectivity index (χ2v) is 6.81. The largest absolute Gasteiger partial charge is 0.356 e. The molecule has 0 bridgehead atoms. The van der Waals surface area contributed by atoms with Gasteiger partial charge in [-0.15, -0.1) is 0 Å². The van der Waals surface area contributed by atoms with Crippen LogP contribution in [-0.4, -0.2) is 37.5 Å². The fourth-order valence-corrected chi connectivity index (χ4v) is 2.75. The van der Waals surface area contributed by atoms with Crippen LogP contribution in [0.1, 0.15) is 65.7 Å². The van der Waals surface area contributed by atoms with Gasteiger partial charge >= 0.3 is 0 Å². The number of nitrogens with zero attached hydrogens (tertiary/aromatic N) is 1. The van der Waals surface area contributed by atoms with Crippen molar-refractivity contribution in [3.63, 3.8) is 0 Å². The average molecular weight is 310 g/mol. The first-order valence-corrected chi connectivity index (χ1v) is 8.77. The highest BCUT2D eigenvalue weighted by molar-refractivity contribution is 5.81. The van der Waals surface area contributed by atoms with Crippen molar-refractivity contribution in [3.8, 4) is 0 Å². The summed E-state index contributed by atoms with van der Waals surface area (Å²) in [5.41, 5.74) is 0. The van der Waals surface area contributed by atoms with E-state index < -0.39 is 0 Å². The van der Waals surface area contributed by atoms with Gasteiger partial charge in [0, 0.05) is 32.1 Å². The normalized spacial score (nSPS) is 17.6. The monoisotopic (exact) mass is 310 g/mol. The highest BCUT2D eigenvalue weighted by Gasteiger charge is 2.16.